The van der Waals surface area contributed by atoms with Gasteiger partial charge in [-0.1, -0.05) is 0 Å². The first-order valence-corrected chi connectivity index (χ1v) is 6.52. The average molecular weight is 260 g/mol. The van der Waals surface area contributed by atoms with Gasteiger partial charge in [0.15, 0.2) is 0 Å². The number of aromatic nitrogens is 4. The van der Waals surface area contributed by atoms with E-state index in [4.69, 9.17) is 0 Å². The predicted molar refractivity (Wildman–Crippen MR) is 70.8 cm³/mol. The highest BCUT2D eigenvalue weighted by Gasteiger charge is 2.07. The van der Waals surface area contributed by atoms with Crippen LogP contribution in [0.4, 0.5) is 0 Å². The zero-order valence-corrected chi connectivity index (χ0v) is 10.7. The van der Waals surface area contributed by atoms with Crippen LogP contribution in [0.15, 0.2) is 35.2 Å². The monoisotopic (exact) mass is 260 g/mol. The number of nitrogens with zero attached hydrogens (tertiary/aromatic N) is 4. The second-order valence-corrected chi connectivity index (χ2v) is 5.02. The van der Waals surface area contributed by atoms with Gasteiger partial charge >= 0.3 is 0 Å². The molecule has 3 rings (SSSR count). The van der Waals surface area contributed by atoms with E-state index in [9.17, 15) is 4.79 Å². The molecule has 0 saturated heterocycles. The molecule has 5 nitrogen and oxygen atoms in total. The van der Waals surface area contributed by atoms with Gasteiger partial charge in [-0.05, 0) is 17.9 Å². The summed E-state index contributed by atoms with van der Waals surface area (Å²) in [6.07, 6.45) is 6.98. The number of thiophene rings is 1. The molecule has 0 aliphatic carbocycles. The van der Waals surface area contributed by atoms with E-state index in [0.717, 1.165) is 22.3 Å². The lowest BCUT2D eigenvalue weighted by atomic mass is 10.3. The summed E-state index contributed by atoms with van der Waals surface area (Å²) in [5.41, 5.74) is 1.93. The van der Waals surface area contributed by atoms with Crippen molar-refractivity contribution in [2.45, 2.75) is 20.0 Å². The van der Waals surface area contributed by atoms with Crippen LogP contribution in [0.5, 0.6) is 0 Å². The molecule has 92 valence electrons. The van der Waals surface area contributed by atoms with E-state index in [1.54, 1.807) is 23.4 Å². The number of hydrogen-bond donors (Lipinski definition) is 0. The Morgan fingerprint density at radius 1 is 1.33 bits per heavy atom. The number of hydrogen-bond acceptors (Lipinski definition) is 4. The van der Waals surface area contributed by atoms with Gasteiger partial charge < -0.3 is 4.57 Å². The number of imidazole rings is 1. The third kappa shape index (κ3) is 1.84. The van der Waals surface area contributed by atoms with Crippen LogP contribution in [0.25, 0.3) is 10.2 Å². The maximum atomic E-state index is 12.2. The molecule has 18 heavy (non-hydrogen) atoms. The summed E-state index contributed by atoms with van der Waals surface area (Å²) in [5, 5.41) is 1.97. The molecule has 0 aliphatic heterocycles. The smallest absolute Gasteiger partial charge is 0.271 e. The van der Waals surface area contributed by atoms with E-state index in [0.29, 0.717) is 6.54 Å². The lowest BCUT2D eigenvalue weighted by Crippen LogP contribution is -2.21. The van der Waals surface area contributed by atoms with Gasteiger partial charge in [0.25, 0.3) is 5.56 Å². The van der Waals surface area contributed by atoms with Crippen molar-refractivity contribution in [2.75, 3.05) is 0 Å². The minimum Gasteiger partial charge on any atom is -0.336 e. The zero-order valence-electron chi connectivity index (χ0n) is 9.91. The molecule has 0 fully saturated rings. The molecule has 0 atom stereocenters. The van der Waals surface area contributed by atoms with Gasteiger partial charge in [0.1, 0.15) is 4.70 Å². The lowest BCUT2D eigenvalue weighted by Gasteiger charge is -2.05. The van der Waals surface area contributed by atoms with Gasteiger partial charge in [-0.15, -0.1) is 11.3 Å². The number of rotatable bonds is 3. The van der Waals surface area contributed by atoms with Crippen molar-refractivity contribution in [3.63, 3.8) is 0 Å². The molecule has 0 amide bonds. The topological polar surface area (TPSA) is 52.7 Å². The molecule has 0 spiro atoms. The maximum Gasteiger partial charge on any atom is 0.271 e. The molecule has 0 N–H and O–H groups in total. The Bertz CT molecular complexity index is 726. The van der Waals surface area contributed by atoms with Crippen LogP contribution >= 0.6 is 11.3 Å². The average Bonchev–Trinajstić information content (AvgIpc) is 2.99. The minimum atomic E-state index is 0.0400. The molecule has 0 bridgehead atoms. The highest BCUT2D eigenvalue weighted by molar-refractivity contribution is 7.17. The molecule has 3 aromatic rings. The van der Waals surface area contributed by atoms with Crippen molar-refractivity contribution in [2.24, 2.45) is 0 Å². The van der Waals surface area contributed by atoms with Crippen molar-refractivity contribution < 1.29 is 0 Å². The third-order valence-corrected chi connectivity index (χ3v) is 3.96. The second-order valence-electron chi connectivity index (χ2n) is 4.14. The molecule has 3 heterocycles. The molecule has 0 aliphatic rings. The van der Waals surface area contributed by atoms with E-state index < -0.39 is 0 Å². The second kappa shape index (κ2) is 4.38. The largest absolute Gasteiger partial charge is 0.336 e. The van der Waals surface area contributed by atoms with E-state index in [-0.39, 0.29) is 5.56 Å². The highest BCUT2D eigenvalue weighted by atomic mass is 32.1. The molecule has 0 unspecified atom stereocenters. The Hall–Kier alpha value is -1.95. The van der Waals surface area contributed by atoms with Crippen LogP contribution in [0.1, 0.15) is 5.56 Å². The fourth-order valence-electron chi connectivity index (χ4n) is 1.86. The van der Waals surface area contributed by atoms with Gasteiger partial charge in [0.2, 0.25) is 0 Å². The van der Waals surface area contributed by atoms with Crippen LogP contribution < -0.4 is 5.56 Å². The Morgan fingerprint density at radius 3 is 3.00 bits per heavy atom. The molecule has 3 aromatic heterocycles. The Kier molecular flexibility index (Phi) is 2.71. The van der Waals surface area contributed by atoms with E-state index in [1.165, 1.54) is 11.3 Å². The van der Waals surface area contributed by atoms with Crippen LogP contribution in [0, 0.1) is 6.92 Å². The molecule has 0 aromatic carbocycles. The van der Waals surface area contributed by atoms with Gasteiger partial charge in [0, 0.05) is 25.5 Å². The summed E-state index contributed by atoms with van der Waals surface area (Å²) in [5.74, 6) is 0. The van der Waals surface area contributed by atoms with Crippen LogP contribution in [-0.4, -0.2) is 19.1 Å². The Morgan fingerprint density at radius 2 is 2.22 bits per heavy atom. The van der Waals surface area contributed by atoms with E-state index >= 15 is 0 Å². The summed E-state index contributed by atoms with van der Waals surface area (Å²) in [6.45, 7) is 3.30. The first-order chi connectivity index (χ1) is 8.75. The SMILES string of the molecule is Cc1csc2c(=O)n(CCn3ccnc3)cnc12. The summed E-state index contributed by atoms with van der Waals surface area (Å²) in [4.78, 5) is 20.5. The van der Waals surface area contributed by atoms with Gasteiger partial charge in [-0.25, -0.2) is 9.97 Å². The van der Waals surface area contributed by atoms with Crippen LogP contribution in [0.2, 0.25) is 0 Å². The quantitative estimate of drug-likeness (QED) is 0.719. The number of fused-ring (bicyclic) bond motifs is 1. The molecule has 6 heteroatoms. The van der Waals surface area contributed by atoms with Gasteiger partial charge in [-0.2, -0.15) is 0 Å². The maximum absolute atomic E-state index is 12.2. The molecular weight excluding hydrogens is 248 g/mol. The summed E-state index contributed by atoms with van der Waals surface area (Å²) < 4.78 is 4.33. The molecule has 0 saturated carbocycles. The van der Waals surface area contributed by atoms with Crippen molar-refractivity contribution in [1.29, 1.82) is 0 Å². The Balaban J connectivity index is 1.93. The number of aryl methyl sites for hydroxylation is 3. The minimum absolute atomic E-state index is 0.0400. The highest BCUT2D eigenvalue weighted by Crippen LogP contribution is 2.19. The van der Waals surface area contributed by atoms with Crippen molar-refractivity contribution >= 4 is 21.6 Å². The van der Waals surface area contributed by atoms with Gasteiger partial charge in [0.05, 0.1) is 18.2 Å². The fraction of sp³-hybridized carbons (Fsp3) is 0.250. The summed E-state index contributed by atoms with van der Waals surface area (Å²) in [7, 11) is 0. The zero-order chi connectivity index (χ0) is 12.5. The summed E-state index contributed by atoms with van der Waals surface area (Å²) >= 11 is 1.46. The molecular formula is C12H12N4OS. The van der Waals surface area contributed by atoms with Crippen LogP contribution in [-0.2, 0) is 13.1 Å². The normalized spacial score (nSPS) is 11.2. The summed E-state index contributed by atoms with van der Waals surface area (Å²) in [6, 6.07) is 0. The van der Waals surface area contributed by atoms with E-state index in [2.05, 4.69) is 9.97 Å². The van der Waals surface area contributed by atoms with Crippen molar-refractivity contribution in [3.8, 4) is 0 Å². The van der Waals surface area contributed by atoms with Crippen molar-refractivity contribution in [3.05, 3.63) is 46.3 Å². The van der Waals surface area contributed by atoms with Crippen molar-refractivity contribution in [1.82, 2.24) is 19.1 Å². The van der Waals surface area contributed by atoms with E-state index in [1.807, 2.05) is 23.1 Å². The first kappa shape index (κ1) is 11.2. The third-order valence-electron chi connectivity index (χ3n) is 2.88. The predicted octanol–water partition coefficient (Wildman–Crippen LogP) is 1.66. The van der Waals surface area contributed by atoms with Crippen LogP contribution in [0.3, 0.4) is 0 Å². The Labute approximate surface area is 107 Å². The molecule has 0 radical (unpaired) electrons. The van der Waals surface area contributed by atoms with Gasteiger partial charge in [-0.3, -0.25) is 9.36 Å². The lowest BCUT2D eigenvalue weighted by molar-refractivity contribution is 0.562. The first-order valence-electron chi connectivity index (χ1n) is 5.64. The fourth-order valence-corrected chi connectivity index (χ4v) is 2.81. The standard InChI is InChI=1S/C12H12N4OS/c1-9-6-18-11-10(9)14-8-16(12(11)17)5-4-15-3-2-13-7-15/h2-3,6-8H,4-5H2,1H3.